The number of amides is 1. The Balaban J connectivity index is 1.69. The molecule has 3 heterocycles. The lowest BCUT2D eigenvalue weighted by atomic mass is 10.0. The Labute approximate surface area is 150 Å². The number of nitrogens with zero attached hydrogens (tertiary/aromatic N) is 1. The van der Waals surface area contributed by atoms with Gasteiger partial charge in [0.2, 0.25) is 0 Å². The van der Waals surface area contributed by atoms with Crippen LogP contribution in [-0.4, -0.2) is 38.6 Å². The van der Waals surface area contributed by atoms with Gasteiger partial charge in [-0.25, -0.2) is 0 Å². The molecule has 1 aromatic carbocycles. The van der Waals surface area contributed by atoms with Crippen LogP contribution in [0, 0.1) is 0 Å². The maximum Gasteiger partial charge on any atom is 0.256 e. The van der Waals surface area contributed by atoms with Crippen LogP contribution in [0.4, 0.5) is 5.00 Å². The molecular weight excluding hydrogens is 338 g/mol. The summed E-state index contributed by atoms with van der Waals surface area (Å²) in [5, 5.41) is 7.50. The number of methoxy groups -OCH3 is 2. The number of fused-ring (bicyclic) bond motifs is 3. The fourth-order valence-electron chi connectivity index (χ4n) is 3.46. The van der Waals surface area contributed by atoms with Gasteiger partial charge in [0, 0.05) is 29.6 Å². The van der Waals surface area contributed by atoms with Crippen molar-refractivity contribution in [2.75, 3.05) is 33.1 Å². The molecule has 0 fully saturated rings. The number of carbonyl (C=O) groups excluding carboxylic acids is 1. The third-order valence-corrected chi connectivity index (χ3v) is 5.93. The van der Waals surface area contributed by atoms with E-state index in [4.69, 9.17) is 9.47 Å². The van der Waals surface area contributed by atoms with Crippen LogP contribution in [0.1, 0.15) is 32.5 Å². The number of likely N-dealkylation sites (N-methyl/N-ethyl adjacent to an activating group) is 1. The van der Waals surface area contributed by atoms with Crippen molar-refractivity contribution >= 4 is 22.2 Å². The fourth-order valence-corrected chi connectivity index (χ4v) is 4.81. The summed E-state index contributed by atoms with van der Waals surface area (Å²) in [6.45, 7) is 1.89. The second-order valence-electron chi connectivity index (χ2n) is 6.35. The number of hydrogen-bond donors (Lipinski definition) is 2. The minimum atomic E-state index is -0.321. The predicted octanol–water partition coefficient (Wildman–Crippen LogP) is 2.61. The first-order valence-corrected chi connectivity index (χ1v) is 9.04. The summed E-state index contributed by atoms with van der Waals surface area (Å²) < 4.78 is 10.7. The van der Waals surface area contributed by atoms with Crippen LogP contribution in [0.2, 0.25) is 0 Å². The molecule has 0 bridgehead atoms. The first-order valence-electron chi connectivity index (χ1n) is 8.23. The molecule has 0 aliphatic carbocycles. The van der Waals surface area contributed by atoms with E-state index < -0.39 is 0 Å². The number of rotatable bonds is 3. The van der Waals surface area contributed by atoms with Crippen LogP contribution < -0.4 is 20.1 Å². The topological polar surface area (TPSA) is 62.8 Å². The van der Waals surface area contributed by atoms with Crippen LogP contribution >= 0.6 is 11.3 Å². The number of nitrogens with one attached hydrogen (secondary N) is 2. The molecule has 1 aromatic heterocycles. The highest BCUT2D eigenvalue weighted by Crippen LogP contribution is 2.41. The average molecular weight is 359 g/mol. The van der Waals surface area contributed by atoms with E-state index >= 15 is 0 Å². The van der Waals surface area contributed by atoms with Gasteiger partial charge in [0.15, 0.2) is 0 Å². The van der Waals surface area contributed by atoms with Crippen LogP contribution in [-0.2, 0) is 13.0 Å². The van der Waals surface area contributed by atoms with E-state index in [1.807, 2.05) is 18.2 Å². The van der Waals surface area contributed by atoms with Crippen molar-refractivity contribution in [2.24, 2.45) is 0 Å². The van der Waals surface area contributed by atoms with Crippen molar-refractivity contribution in [3.63, 3.8) is 0 Å². The van der Waals surface area contributed by atoms with Gasteiger partial charge < -0.3 is 25.0 Å². The molecule has 0 spiro atoms. The van der Waals surface area contributed by atoms with Crippen molar-refractivity contribution in [2.45, 2.75) is 19.1 Å². The van der Waals surface area contributed by atoms with E-state index in [0.29, 0.717) is 5.75 Å². The van der Waals surface area contributed by atoms with Crippen LogP contribution in [0.5, 0.6) is 11.5 Å². The van der Waals surface area contributed by atoms with Gasteiger partial charge in [0.25, 0.3) is 5.91 Å². The zero-order valence-corrected chi connectivity index (χ0v) is 15.3. The lowest BCUT2D eigenvalue weighted by molar-refractivity contribution is 0.0934. The first-order chi connectivity index (χ1) is 12.1. The minimum absolute atomic E-state index is 0.0151. The molecule has 2 N–H and O–H groups in total. The molecule has 0 unspecified atom stereocenters. The Morgan fingerprint density at radius 1 is 1.24 bits per heavy atom. The van der Waals surface area contributed by atoms with E-state index in [1.54, 1.807) is 25.6 Å². The minimum Gasteiger partial charge on any atom is -0.497 e. The molecule has 0 radical (unpaired) electrons. The molecule has 1 amide bonds. The van der Waals surface area contributed by atoms with E-state index in [-0.39, 0.29) is 12.1 Å². The molecule has 2 aliphatic heterocycles. The Morgan fingerprint density at radius 2 is 2.08 bits per heavy atom. The molecule has 132 valence electrons. The predicted molar refractivity (Wildman–Crippen MR) is 97.7 cm³/mol. The molecular formula is C18H21N3O3S. The monoisotopic (exact) mass is 359 g/mol. The van der Waals surface area contributed by atoms with Gasteiger partial charge in [-0.2, -0.15) is 0 Å². The second kappa shape index (κ2) is 6.24. The van der Waals surface area contributed by atoms with Crippen molar-refractivity contribution in [1.82, 2.24) is 10.2 Å². The van der Waals surface area contributed by atoms with Crippen molar-refractivity contribution in [3.8, 4) is 11.5 Å². The van der Waals surface area contributed by atoms with Gasteiger partial charge in [-0.15, -0.1) is 11.3 Å². The summed E-state index contributed by atoms with van der Waals surface area (Å²) in [4.78, 5) is 16.3. The third-order valence-electron chi connectivity index (χ3n) is 4.78. The summed E-state index contributed by atoms with van der Waals surface area (Å²) in [5.41, 5.74) is 2.89. The summed E-state index contributed by atoms with van der Waals surface area (Å²) in [5.74, 6) is 1.39. The standard InChI is InChI=1S/C18H21N3O3S/c1-21-7-6-12-14(9-21)25-18-15(12)17(22)19-16(20-18)11-5-4-10(23-2)8-13(11)24-3/h4-5,8,16,20H,6-7,9H2,1-3H3,(H,19,22)/t16-/m1/s1. The van der Waals surface area contributed by atoms with Crippen LogP contribution in [0.25, 0.3) is 0 Å². The van der Waals surface area contributed by atoms with E-state index in [1.165, 1.54) is 10.4 Å². The van der Waals surface area contributed by atoms with Gasteiger partial charge in [-0.1, -0.05) is 0 Å². The number of carbonyl (C=O) groups is 1. The zero-order valence-electron chi connectivity index (χ0n) is 14.5. The SMILES string of the molecule is COc1ccc([C@@H]2NC(=O)c3c(sc4c3CCN(C)C4)N2)c(OC)c1. The molecule has 4 rings (SSSR count). The zero-order chi connectivity index (χ0) is 17.6. The molecule has 25 heavy (non-hydrogen) atoms. The molecule has 1 atom stereocenters. The van der Waals surface area contributed by atoms with Crippen LogP contribution in [0.3, 0.4) is 0 Å². The fraction of sp³-hybridized carbons (Fsp3) is 0.389. The van der Waals surface area contributed by atoms with Gasteiger partial charge in [-0.05, 0) is 31.2 Å². The van der Waals surface area contributed by atoms with Crippen LogP contribution in [0.15, 0.2) is 18.2 Å². The quantitative estimate of drug-likeness (QED) is 0.882. The summed E-state index contributed by atoms with van der Waals surface area (Å²) in [6.07, 6.45) is 0.599. The van der Waals surface area contributed by atoms with Crippen molar-refractivity contribution < 1.29 is 14.3 Å². The summed E-state index contributed by atoms with van der Waals surface area (Å²) in [6, 6.07) is 5.62. The first kappa shape index (κ1) is 16.2. The molecule has 7 heteroatoms. The van der Waals surface area contributed by atoms with Crippen molar-refractivity contribution in [1.29, 1.82) is 0 Å². The third kappa shape index (κ3) is 2.73. The van der Waals surface area contributed by atoms with Gasteiger partial charge in [0.1, 0.15) is 22.7 Å². The van der Waals surface area contributed by atoms with Crippen molar-refractivity contribution in [3.05, 3.63) is 39.8 Å². The lowest BCUT2D eigenvalue weighted by Gasteiger charge is -2.28. The highest BCUT2D eigenvalue weighted by molar-refractivity contribution is 7.16. The highest BCUT2D eigenvalue weighted by Gasteiger charge is 2.33. The number of ether oxygens (including phenoxy) is 2. The number of anilines is 1. The number of thiophene rings is 1. The molecule has 0 saturated heterocycles. The molecule has 2 aromatic rings. The Hall–Kier alpha value is -2.25. The smallest absolute Gasteiger partial charge is 0.256 e. The molecule has 0 saturated carbocycles. The lowest BCUT2D eigenvalue weighted by Crippen LogP contribution is -2.38. The highest BCUT2D eigenvalue weighted by atomic mass is 32.1. The maximum atomic E-state index is 12.8. The summed E-state index contributed by atoms with van der Waals surface area (Å²) >= 11 is 1.69. The van der Waals surface area contributed by atoms with Gasteiger partial charge >= 0.3 is 0 Å². The second-order valence-corrected chi connectivity index (χ2v) is 7.46. The normalized spacial score (nSPS) is 19.5. The number of hydrogen-bond acceptors (Lipinski definition) is 6. The Kier molecular flexibility index (Phi) is 4.05. The number of benzene rings is 1. The molecule has 2 aliphatic rings. The van der Waals surface area contributed by atoms with E-state index in [9.17, 15) is 4.79 Å². The largest absolute Gasteiger partial charge is 0.497 e. The average Bonchev–Trinajstić information content (AvgIpc) is 2.98. The van der Waals surface area contributed by atoms with Gasteiger partial charge in [-0.3, -0.25) is 4.79 Å². The maximum absolute atomic E-state index is 12.8. The Morgan fingerprint density at radius 3 is 2.84 bits per heavy atom. The van der Waals surface area contributed by atoms with E-state index in [0.717, 1.165) is 41.4 Å². The molecule has 6 nitrogen and oxygen atoms in total. The van der Waals surface area contributed by atoms with Gasteiger partial charge in [0.05, 0.1) is 19.8 Å². The Bertz CT molecular complexity index is 833. The van der Waals surface area contributed by atoms with E-state index in [2.05, 4.69) is 22.6 Å². The summed E-state index contributed by atoms with van der Waals surface area (Å²) in [7, 11) is 5.35.